The Morgan fingerprint density at radius 2 is 2.20 bits per heavy atom. The van der Waals surface area contributed by atoms with Crippen molar-refractivity contribution in [3.63, 3.8) is 0 Å². The first-order chi connectivity index (χ1) is 9.32. The van der Waals surface area contributed by atoms with Gasteiger partial charge in [-0.3, -0.25) is 0 Å². The number of halogens is 1. The Hall–Kier alpha value is -0.790. The van der Waals surface area contributed by atoms with Crippen molar-refractivity contribution in [1.82, 2.24) is 0 Å². The monoisotopic (exact) mass is 318 g/mol. The molecule has 112 valence electrons. The number of hydrogen-bond acceptors (Lipinski definition) is 5. The minimum Gasteiger partial charge on any atom is -0.351 e. The number of para-hydroxylation sites is 1. The highest BCUT2D eigenvalue weighted by atomic mass is 32.2. The van der Waals surface area contributed by atoms with Crippen LogP contribution in [0.2, 0.25) is 0 Å². The first kappa shape index (κ1) is 15.6. The van der Waals surface area contributed by atoms with Crippen molar-refractivity contribution in [3.8, 4) is 0 Å². The lowest BCUT2D eigenvalue weighted by atomic mass is 10.1. The fourth-order valence-corrected chi connectivity index (χ4v) is 5.22. The van der Waals surface area contributed by atoms with Gasteiger partial charge in [0, 0.05) is 30.3 Å². The summed E-state index contributed by atoms with van der Waals surface area (Å²) in [6, 6.07) is 4.36. The van der Waals surface area contributed by atoms with Gasteiger partial charge in [0.25, 0.3) is 0 Å². The summed E-state index contributed by atoms with van der Waals surface area (Å²) >= 11 is 1.57. The third-order valence-electron chi connectivity index (χ3n) is 3.37. The maximum atomic E-state index is 14.3. The fourth-order valence-electron chi connectivity index (χ4n) is 2.39. The maximum Gasteiger partial charge on any atom is 0.169 e. The summed E-state index contributed by atoms with van der Waals surface area (Å²) in [6.45, 7) is 2.27. The zero-order valence-electron chi connectivity index (χ0n) is 11.5. The van der Waals surface area contributed by atoms with Crippen LogP contribution in [0, 0.1) is 5.82 Å². The van der Waals surface area contributed by atoms with E-state index in [0.29, 0.717) is 23.5 Å². The van der Waals surface area contributed by atoms with Gasteiger partial charge < -0.3 is 10.6 Å². The molecule has 0 aliphatic carbocycles. The summed E-state index contributed by atoms with van der Waals surface area (Å²) in [5, 5.41) is -0.698. The summed E-state index contributed by atoms with van der Waals surface area (Å²) in [4.78, 5) is 1.65. The molecule has 0 spiro atoms. The molecule has 1 fully saturated rings. The van der Waals surface area contributed by atoms with E-state index in [2.05, 4.69) is 0 Å². The van der Waals surface area contributed by atoms with Crippen molar-refractivity contribution < 1.29 is 12.8 Å². The second-order valence-electron chi connectivity index (χ2n) is 5.02. The zero-order valence-corrected chi connectivity index (χ0v) is 13.2. The lowest BCUT2D eigenvalue weighted by Gasteiger charge is -2.37. The largest absolute Gasteiger partial charge is 0.351 e. The Bertz CT molecular complexity index is 590. The molecule has 4 nitrogen and oxygen atoms in total. The lowest BCUT2D eigenvalue weighted by Crippen LogP contribution is -2.48. The number of rotatable bonds is 3. The predicted molar refractivity (Wildman–Crippen MR) is 82.3 cm³/mol. The topological polar surface area (TPSA) is 63.4 Å². The van der Waals surface area contributed by atoms with Crippen LogP contribution in [-0.2, 0) is 9.84 Å². The van der Waals surface area contributed by atoms with Crippen LogP contribution in [0.5, 0.6) is 0 Å². The molecule has 0 saturated carbocycles. The molecular formula is C13H19FN2O2S2. The van der Waals surface area contributed by atoms with E-state index in [4.69, 9.17) is 5.73 Å². The van der Waals surface area contributed by atoms with E-state index in [-0.39, 0.29) is 6.04 Å². The van der Waals surface area contributed by atoms with Gasteiger partial charge >= 0.3 is 0 Å². The van der Waals surface area contributed by atoms with Crippen LogP contribution in [0.15, 0.2) is 18.2 Å². The Kier molecular flexibility index (Phi) is 4.61. The molecule has 1 aliphatic heterocycles. The average Bonchev–Trinajstić information content (AvgIpc) is 2.37. The van der Waals surface area contributed by atoms with E-state index in [0.717, 1.165) is 5.75 Å². The Morgan fingerprint density at radius 3 is 2.80 bits per heavy atom. The number of thioether (sulfide) groups is 1. The minimum atomic E-state index is -3.28. The molecule has 7 heteroatoms. The highest BCUT2D eigenvalue weighted by molar-refractivity contribution is 8.01. The van der Waals surface area contributed by atoms with E-state index in [1.165, 1.54) is 12.3 Å². The third-order valence-corrected chi connectivity index (χ3v) is 6.02. The van der Waals surface area contributed by atoms with Crippen LogP contribution in [0.4, 0.5) is 10.1 Å². The molecule has 1 unspecified atom stereocenters. The highest BCUT2D eigenvalue weighted by Crippen LogP contribution is 2.33. The first-order valence-electron chi connectivity index (χ1n) is 6.39. The van der Waals surface area contributed by atoms with Crippen LogP contribution in [0.1, 0.15) is 18.5 Å². The van der Waals surface area contributed by atoms with Crippen molar-refractivity contribution in [2.24, 2.45) is 5.73 Å². The number of hydrogen-bond donors (Lipinski definition) is 1. The average molecular weight is 318 g/mol. The van der Waals surface area contributed by atoms with Crippen molar-refractivity contribution in [1.29, 1.82) is 0 Å². The van der Waals surface area contributed by atoms with Gasteiger partial charge in [-0.2, -0.15) is 11.8 Å². The van der Waals surface area contributed by atoms with Crippen LogP contribution < -0.4 is 10.6 Å². The second kappa shape index (κ2) is 5.91. The normalized spacial score (nSPS) is 21.8. The zero-order chi connectivity index (χ0) is 14.9. The van der Waals surface area contributed by atoms with E-state index < -0.39 is 21.0 Å². The molecule has 0 radical (unpaired) electrons. The lowest BCUT2D eigenvalue weighted by molar-refractivity contribution is 0.576. The van der Waals surface area contributed by atoms with E-state index in [1.807, 2.05) is 0 Å². The van der Waals surface area contributed by atoms with Gasteiger partial charge in [-0.1, -0.05) is 12.1 Å². The molecule has 2 atom stereocenters. The minimum absolute atomic E-state index is 0.332. The Morgan fingerprint density at radius 1 is 1.50 bits per heavy atom. The van der Waals surface area contributed by atoms with Crippen LogP contribution >= 0.6 is 11.8 Å². The quantitative estimate of drug-likeness (QED) is 0.920. The van der Waals surface area contributed by atoms with Crippen molar-refractivity contribution in [2.75, 3.05) is 29.2 Å². The molecule has 20 heavy (non-hydrogen) atoms. The van der Waals surface area contributed by atoms with Gasteiger partial charge in [0.1, 0.15) is 11.2 Å². The van der Waals surface area contributed by atoms with Gasteiger partial charge in [-0.15, -0.1) is 0 Å². The summed E-state index contributed by atoms with van der Waals surface area (Å²) in [6.07, 6.45) is 1.20. The molecule has 1 heterocycles. The highest BCUT2D eigenvalue weighted by Gasteiger charge is 2.34. The molecule has 0 amide bonds. The van der Waals surface area contributed by atoms with Crippen molar-refractivity contribution in [2.45, 2.75) is 18.3 Å². The van der Waals surface area contributed by atoms with Crippen LogP contribution in [0.25, 0.3) is 0 Å². The first-order valence-corrected chi connectivity index (χ1v) is 9.50. The molecule has 2 rings (SSSR count). The number of anilines is 1. The maximum absolute atomic E-state index is 14.3. The van der Waals surface area contributed by atoms with Crippen molar-refractivity contribution >= 4 is 27.3 Å². The number of nitrogens with zero attached hydrogens (tertiary/aromatic N) is 1. The SMILES string of the molecule is C[C@H](N)c1cccc(F)c1N1CCSCC1S(C)(=O)=O. The summed E-state index contributed by atoms with van der Waals surface area (Å²) in [7, 11) is -3.28. The second-order valence-corrected chi connectivity index (χ2v) is 8.37. The smallest absolute Gasteiger partial charge is 0.169 e. The molecular weight excluding hydrogens is 299 g/mol. The van der Waals surface area contributed by atoms with Gasteiger partial charge in [0.2, 0.25) is 0 Å². The number of sulfone groups is 1. The van der Waals surface area contributed by atoms with E-state index in [9.17, 15) is 12.8 Å². The molecule has 1 aromatic rings. The Labute approximate surface area is 123 Å². The van der Waals surface area contributed by atoms with E-state index >= 15 is 0 Å². The predicted octanol–water partition coefficient (Wildman–Crippen LogP) is 1.77. The van der Waals surface area contributed by atoms with Gasteiger partial charge in [0.05, 0.1) is 5.69 Å². The van der Waals surface area contributed by atoms with E-state index in [1.54, 1.807) is 35.7 Å². The molecule has 1 saturated heterocycles. The van der Waals surface area contributed by atoms with Gasteiger partial charge in [-0.25, -0.2) is 12.8 Å². The summed E-state index contributed by atoms with van der Waals surface area (Å²) < 4.78 is 38.2. The molecule has 2 N–H and O–H groups in total. The third kappa shape index (κ3) is 3.10. The summed E-state index contributed by atoms with van der Waals surface area (Å²) in [5.41, 5.74) is 6.87. The number of benzene rings is 1. The van der Waals surface area contributed by atoms with Gasteiger partial charge in [0.15, 0.2) is 9.84 Å². The van der Waals surface area contributed by atoms with Crippen molar-refractivity contribution in [3.05, 3.63) is 29.6 Å². The standard InChI is InChI=1S/C13H19FN2O2S2/c1-9(15)10-4-3-5-11(14)13(10)16-6-7-19-8-12(16)20(2,17)18/h3-5,9,12H,6-8,15H2,1-2H3/t9-,12?/m0/s1. The molecule has 1 aromatic carbocycles. The van der Waals surface area contributed by atoms with Crippen LogP contribution in [-0.4, -0.2) is 38.1 Å². The summed E-state index contributed by atoms with van der Waals surface area (Å²) in [5.74, 6) is 0.810. The molecule has 0 bridgehead atoms. The Balaban J connectivity index is 2.53. The number of nitrogens with two attached hydrogens (primary N) is 1. The fraction of sp³-hybridized carbons (Fsp3) is 0.538. The molecule has 1 aliphatic rings. The molecule has 0 aromatic heterocycles. The van der Waals surface area contributed by atoms with Gasteiger partial charge in [-0.05, 0) is 18.6 Å². The van der Waals surface area contributed by atoms with Crippen LogP contribution in [0.3, 0.4) is 0 Å².